The molecule has 4 aromatic rings. The van der Waals surface area contributed by atoms with Gasteiger partial charge in [0.25, 0.3) is 11.5 Å². The van der Waals surface area contributed by atoms with Crippen LogP contribution < -0.4 is 11.0 Å². The molecule has 154 valence electrons. The van der Waals surface area contributed by atoms with Gasteiger partial charge in [0.2, 0.25) is 0 Å². The highest BCUT2D eigenvalue weighted by atomic mass is 79.9. The molecule has 0 radical (unpaired) electrons. The van der Waals surface area contributed by atoms with E-state index in [1.54, 1.807) is 24.3 Å². The minimum Gasteiger partial charge on any atom is -0.267 e. The van der Waals surface area contributed by atoms with Gasteiger partial charge in [0.15, 0.2) is 5.69 Å². The van der Waals surface area contributed by atoms with E-state index in [0.717, 1.165) is 15.6 Å². The van der Waals surface area contributed by atoms with Crippen LogP contribution in [0.4, 0.5) is 0 Å². The fraction of sp³-hybridized carbons (Fsp3) is 0.0833. The van der Waals surface area contributed by atoms with Gasteiger partial charge in [0.1, 0.15) is 0 Å². The van der Waals surface area contributed by atoms with Crippen molar-refractivity contribution >= 4 is 38.3 Å². The molecule has 0 saturated heterocycles. The van der Waals surface area contributed by atoms with Gasteiger partial charge < -0.3 is 0 Å². The van der Waals surface area contributed by atoms with Gasteiger partial charge in [-0.05, 0) is 36.2 Å². The third-order valence-electron chi connectivity index (χ3n) is 4.83. The molecule has 4 rings (SSSR count). The molecule has 0 aliphatic carbocycles. The smallest absolute Gasteiger partial charge is 0.267 e. The molecule has 3 aromatic carbocycles. The molecule has 0 bridgehead atoms. The summed E-state index contributed by atoms with van der Waals surface area (Å²) in [6.45, 7) is 2.08. The number of amides is 1. The van der Waals surface area contributed by atoms with E-state index in [2.05, 4.69) is 31.6 Å². The second-order valence-corrected chi connectivity index (χ2v) is 7.91. The summed E-state index contributed by atoms with van der Waals surface area (Å²) in [7, 11) is 0. The Labute approximate surface area is 187 Å². The Bertz CT molecular complexity index is 1350. The van der Waals surface area contributed by atoms with E-state index in [1.807, 2.05) is 61.5 Å². The lowest BCUT2D eigenvalue weighted by Crippen LogP contribution is -2.29. The molecule has 0 aliphatic heterocycles. The molecular formula is C24H19BrN4O2. The number of aromatic nitrogens is 2. The summed E-state index contributed by atoms with van der Waals surface area (Å²) in [6.07, 6.45) is 0. The van der Waals surface area contributed by atoms with E-state index in [-0.39, 0.29) is 17.8 Å². The lowest BCUT2D eigenvalue weighted by molar-refractivity contribution is 0.0949. The Morgan fingerprint density at radius 2 is 1.71 bits per heavy atom. The average Bonchev–Trinajstić information content (AvgIpc) is 2.80. The van der Waals surface area contributed by atoms with E-state index < -0.39 is 5.91 Å². The molecule has 7 heteroatoms. The lowest BCUT2D eigenvalue weighted by atomic mass is 10.1. The van der Waals surface area contributed by atoms with Crippen LogP contribution in [0.15, 0.2) is 93.2 Å². The highest BCUT2D eigenvalue weighted by Gasteiger charge is 2.16. The minimum absolute atomic E-state index is 0.150. The van der Waals surface area contributed by atoms with Gasteiger partial charge in [-0.3, -0.25) is 9.59 Å². The molecule has 0 saturated carbocycles. The second-order valence-electron chi connectivity index (χ2n) is 6.99. The number of hydrogen-bond donors (Lipinski definition) is 1. The highest BCUT2D eigenvalue weighted by molar-refractivity contribution is 9.10. The quantitative estimate of drug-likeness (QED) is 0.344. The summed E-state index contributed by atoms with van der Waals surface area (Å²) in [5, 5.41) is 9.53. The average molecular weight is 475 g/mol. The highest BCUT2D eigenvalue weighted by Crippen LogP contribution is 2.15. The van der Waals surface area contributed by atoms with Crippen LogP contribution in [0.5, 0.6) is 0 Å². The number of rotatable bonds is 5. The fourth-order valence-electron chi connectivity index (χ4n) is 3.23. The molecule has 1 N–H and O–H groups in total. The monoisotopic (exact) mass is 474 g/mol. The molecule has 0 aliphatic rings. The summed E-state index contributed by atoms with van der Waals surface area (Å²) in [5.74, 6) is -0.479. The molecule has 6 nitrogen and oxygen atoms in total. The van der Waals surface area contributed by atoms with Crippen molar-refractivity contribution < 1.29 is 4.79 Å². The van der Waals surface area contributed by atoms with Gasteiger partial charge in [-0.25, -0.2) is 10.1 Å². The van der Waals surface area contributed by atoms with Gasteiger partial charge >= 0.3 is 0 Å². The molecule has 31 heavy (non-hydrogen) atoms. The zero-order valence-corrected chi connectivity index (χ0v) is 18.3. The van der Waals surface area contributed by atoms with Crippen molar-refractivity contribution in [3.63, 3.8) is 0 Å². The van der Waals surface area contributed by atoms with Crippen LogP contribution in [0.3, 0.4) is 0 Å². The zero-order valence-electron chi connectivity index (χ0n) is 16.7. The van der Waals surface area contributed by atoms with Crippen LogP contribution in [0.2, 0.25) is 0 Å². The Balaban J connectivity index is 1.70. The number of benzene rings is 3. The number of nitrogens with one attached hydrogen (secondary N) is 1. The normalized spacial score (nSPS) is 11.5. The maximum Gasteiger partial charge on any atom is 0.292 e. The topological polar surface area (TPSA) is 76.3 Å². The first-order chi connectivity index (χ1) is 15.0. The summed E-state index contributed by atoms with van der Waals surface area (Å²) >= 11 is 3.43. The van der Waals surface area contributed by atoms with Crippen LogP contribution >= 0.6 is 15.9 Å². The van der Waals surface area contributed by atoms with Crippen LogP contribution in [0.1, 0.15) is 28.5 Å². The van der Waals surface area contributed by atoms with Gasteiger partial charge in [0, 0.05) is 9.86 Å². The second kappa shape index (κ2) is 9.06. The maximum absolute atomic E-state index is 13.0. The zero-order chi connectivity index (χ0) is 21.8. The largest absolute Gasteiger partial charge is 0.292 e. The summed E-state index contributed by atoms with van der Waals surface area (Å²) in [4.78, 5) is 25.9. The molecule has 0 unspecified atom stereocenters. The maximum atomic E-state index is 13.0. The Hall–Kier alpha value is -3.58. The molecule has 1 amide bonds. The molecular weight excluding hydrogens is 456 g/mol. The Kier molecular flexibility index (Phi) is 6.04. The molecule has 0 spiro atoms. The van der Waals surface area contributed by atoms with E-state index in [4.69, 9.17) is 0 Å². The Morgan fingerprint density at radius 3 is 2.45 bits per heavy atom. The first kappa shape index (κ1) is 20.7. The summed E-state index contributed by atoms with van der Waals surface area (Å²) in [6, 6.07) is 24.1. The predicted octanol–water partition coefficient (Wildman–Crippen LogP) is 4.36. The van der Waals surface area contributed by atoms with Crippen molar-refractivity contribution in [1.82, 2.24) is 15.2 Å². The number of carbonyl (C=O) groups is 1. The lowest BCUT2D eigenvalue weighted by Gasteiger charge is -2.10. The van der Waals surface area contributed by atoms with E-state index >= 15 is 0 Å². The van der Waals surface area contributed by atoms with Crippen molar-refractivity contribution in [3.05, 3.63) is 111 Å². The molecule has 1 aromatic heterocycles. The Morgan fingerprint density at radius 1 is 1.00 bits per heavy atom. The minimum atomic E-state index is -0.479. The van der Waals surface area contributed by atoms with Crippen molar-refractivity contribution in [1.29, 1.82) is 0 Å². The summed E-state index contributed by atoms with van der Waals surface area (Å²) < 4.78 is 2.24. The first-order valence-corrected chi connectivity index (χ1v) is 10.5. The van der Waals surface area contributed by atoms with E-state index in [1.165, 1.54) is 4.68 Å². The number of carbonyl (C=O) groups excluding carboxylic acids is 1. The van der Waals surface area contributed by atoms with Crippen LogP contribution in [-0.2, 0) is 6.54 Å². The summed E-state index contributed by atoms with van der Waals surface area (Å²) in [5.41, 5.74) is 4.92. The van der Waals surface area contributed by atoms with Gasteiger partial charge in [0.05, 0.1) is 17.6 Å². The third kappa shape index (κ3) is 4.62. The SMILES string of the molecule is C/C(=N/NC(=O)c1nn(Cc2ccccc2)c(=O)c2ccccc12)c1cccc(Br)c1. The predicted molar refractivity (Wildman–Crippen MR) is 125 cm³/mol. The number of hydrogen-bond acceptors (Lipinski definition) is 4. The van der Waals surface area contributed by atoms with E-state index in [0.29, 0.717) is 16.5 Å². The van der Waals surface area contributed by atoms with Gasteiger partial charge in [-0.2, -0.15) is 10.2 Å². The number of fused-ring (bicyclic) bond motifs is 1. The van der Waals surface area contributed by atoms with Crippen LogP contribution in [0, 0.1) is 0 Å². The van der Waals surface area contributed by atoms with Crippen LogP contribution in [0.25, 0.3) is 10.8 Å². The molecule has 0 atom stereocenters. The van der Waals surface area contributed by atoms with Crippen molar-refractivity contribution in [2.24, 2.45) is 5.10 Å². The number of nitrogens with zero attached hydrogens (tertiary/aromatic N) is 3. The molecule has 0 fully saturated rings. The van der Waals surface area contributed by atoms with Crippen molar-refractivity contribution in [3.8, 4) is 0 Å². The van der Waals surface area contributed by atoms with Crippen molar-refractivity contribution in [2.45, 2.75) is 13.5 Å². The first-order valence-electron chi connectivity index (χ1n) is 9.67. The number of halogens is 1. The van der Waals surface area contributed by atoms with Crippen molar-refractivity contribution in [2.75, 3.05) is 0 Å². The van der Waals surface area contributed by atoms with Gasteiger partial charge in [-0.15, -0.1) is 0 Å². The van der Waals surface area contributed by atoms with Gasteiger partial charge in [-0.1, -0.05) is 76.6 Å². The fourth-order valence-corrected chi connectivity index (χ4v) is 3.63. The molecule has 1 heterocycles. The van der Waals surface area contributed by atoms with E-state index in [9.17, 15) is 9.59 Å². The number of hydrazone groups is 1. The van der Waals surface area contributed by atoms with Crippen LogP contribution in [-0.4, -0.2) is 21.4 Å². The standard InChI is InChI=1S/C24H19BrN4O2/c1-16(18-10-7-11-19(25)14-18)26-27-23(30)22-20-12-5-6-13-21(20)24(31)29(28-22)15-17-8-3-2-4-9-17/h2-14H,15H2,1H3,(H,27,30)/b26-16-. The third-order valence-corrected chi connectivity index (χ3v) is 5.32.